The Kier molecular flexibility index (Phi) is 5.87. The smallest absolute Gasteiger partial charge is 0.251 e. The van der Waals surface area contributed by atoms with Crippen LogP contribution in [0.3, 0.4) is 0 Å². The van der Waals surface area contributed by atoms with Crippen molar-refractivity contribution in [2.75, 3.05) is 13.7 Å². The first-order chi connectivity index (χ1) is 12.9. The molecular formula is C20H21ClFNO4. The molecule has 0 saturated carbocycles. The van der Waals surface area contributed by atoms with Gasteiger partial charge in [-0.05, 0) is 55.3 Å². The Morgan fingerprint density at radius 1 is 1.30 bits per heavy atom. The minimum absolute atomic E-state index is 0.121. The first-order valence-electron chi connectivity index (χ1n) is 8.64. The van der Waals surface area contributed by atoms with Crippen molar-refractivity contribution < 1.29 is 23.8 Å². The van der Waals surface area contributed by atoms with Crippen molar-refractivity contribution >= 4 is 17.5 Å². The molecule has 2 aromatic rings. The number of benzene rings is 2. The zero-order valence-corrected chi connectivity index (χ0v) is 15.9. The van der Waals surface area contributed by atoms with Gasteiger partial charge in [0.25, 0.3) is 5.91 Å². The van der Waals surface area contributed by atoms with Crippen LogP contribution in [0.2, 0.25) is 5.02 Å². The molecule has 1 aliphatic heterocycles. The van der Waals surface area contributed by atoms with Crippen LogP contribution in [0.4, 0.5) is 4.39 Å². The number of carbonyl (C=O) groups excluding carboxylic acids is 1. The van der Waals surface area contributed by atoms with Gasteiger partial charge >= 0.3 is 0 Å². The lowest BCUT2D eigenvalue weighted by molar-refractivity contribution is -0.136. The Bertz CT molecular complexity index is 827. The molecule has 0 bridgehead atoms. The van der Waals surface area contributed by atoms with E-state index in [0.29, 0.717) is 35.6 Å². The van der Waals surface area contributed by atoms with Crippen LogP contribution in [0, 0.1) is 5.82 Å². The first-order valence-corrected chi connectivity index (χ1v) is 9.01. The Hall–Kier alpha value is -2.31. The van der Waals surface area contributed by atoms with Crippen molar-refractivity contribution in [3.8, 4) is 11.5 Å². The molecule has 0 aromatic heterocycles. The summed E-state index contributed by atoms with van der Waals surface area (Å²) in [6, 6.07) is 9.23. The summed E-state index contributed by atoms with van der Waals surface area (Å²) in [7, 11) is 1.58. The highest BCUT2D eigenvalue weighted by molar-refractivity contribution is 6.31. The number of aliphatic hydroxyl groups is 1. The normalized spacial score (nSPS) is 17.9. The molecule has 3 rings (SSSR count). The third kappa shape index (κ3) is 4.17. The molecule has 0 aliphatic carbocycles. The van der Waals surface area contributed by atoms with Crippen LogP contribution in [0.15, 0.2) is 36.4 Å². The molecule has 1 heterocycles. The summed E-state index contributed by atoms with van der Waals surface area (Å²) in [6.07, 6.45) is -0.639. The lowest BCUT2D eigenvalue weighted by Gasteiger charge is -2.27. The van der Waals surface area contributed by atoms with Gasteiger partial charge in [0.15, 0.2) is 0 Å². The maximum atomic E-state index is 14.0. The topological polar surface area (TPSA) is 59.0 Å². The van der Waals surface area contributed by atoms with E-state index in [4.69, 9.17) is 21.1 Å². The summed E-state index contributed by atoms with van der Waals surface area (Å²) in [5, 5.41) is 9.94. The number of ether oxygens (including phenoxy) is 2. The summed E-state index contributed by atoms with van der Waals surface area (Å²) >= 11 is 6.27. The molecule has 1 saturated heterocycles. The van der Waals surface area contributed by atoms with Crippen LogP contribution >= 0.6 is 11.6 Å². The lowest BCUT2D eigenvalue weighted by atomic mass is 10.0. The number of rotatable bonds is 6. The predicted molar refractivity (Wildman–Crippen MR) is 99.5 cm³/mol. The minimum atomic E-state index is -1.00. The molecule has 0 radical (unpaired) electrons. The number of carbonyl (C=O) groups is 1. The van der Waals surface area contributed by atoms with E-state index in [2.05, 4.69) is 0 Å². The summed E-state index contributed by atoms with van der Waals surface area (Å²) in [4.78, 5) is 13.7. The highest BCUT2D eigenvalue weighted by Gasteiger charge is 2.34. The standard InChI is InChI=1S/C20H21ClFNO4/c1-12(23-8-7-19(24)20(23)25)16-9-13(22)10-18(21)17(16)11-27-15-5-3-14(26-2)4-6-15/h3-6,9-10,12,19,24H,7-8,11H2,1-2H3/t12?,19-/m0/s1. The number of nitrogens with zero attached hydrogens (tertiary/aromatic N) is 1. The molecule has 1 N–H and O–H groups in total. The Balaban J connectivity index is 1.84. The van der Waals surface area contributed by atoms with Gasteiger partial charge in [-0.15, -0.1) is 0 Å². The molecule has 1 unspecified atom stereocenters. The van der Waals surface area contributed by atoms with E-state index < -0.39 is 18.0 Å². The van der Waals surface area contributed by atoms with Gasteiger partial charge in [0, 0.05) is 12.1 Å². The number of amides is 1. The van der Waals surface area contributed by atoms with E-state index in [9.17, 15) is 14.3 Å². The van der Waals surface area contributed by atoms with E-state index in [0.717, 1.165) is 0 Å². The number of likely N-dealkylation sites (tertiary alicyclic amines) is 1. The fourth-order valence-electron chi connectivity index (χ4n) is 3.21. The van der Waals surface area contributed by atoms with Crippen LogP contribution in [-0.4, -0.2) is 35.7 Å². The van der Waals surface area contributed by atoms with E-state index in [1.54, 1.807) is 38.3 Å². The number of methoxy groups -OCH3 is 1. The van der Waals surface area contributed by atoms with Crippen LogP contribution in [-0.2, 0) is 11.4 Å². The summed E-state index contributed by atoms with van der Waals surface area (Å²) in [5.74, 6) is 0.484. The first kappa shape index (κ1) is 19.5. The maximum Gasteiger partial charge on any atom is 0.251 e. The van der Waals surface area contributed by atoms with Crippen molar-refractivity contribution in [3.63, 3.8) is 0 Å². The number of halogens is 2. The summed E-state index contributed by atoms with van der Waals surface area (Å²) < 4.78 is 24.9. The maximum absolute atomic E-state index is 14.0. The second-order valence-corrected chi connectivity index (χ2v) is 6.84. The molecule has 2 atom stereocenters. The number of aliphatic hydroxyl groups excluding tert-OH is 1. The lowest BCUT2D eigenvalue weighted by Crippen LogP contribution is -2.32. The van der Waals surface area contributed by atoms with E-state index >= 15 is 0 Å². The van der Waals surface area contributed by atoms with Gasteiger partial charge in [0.2, 0.25) is 0 Å². The van der Waals surface area contributed by atoms with Crippen molar-refractivity contribution in [2.45, 2.75) is 32.1 Å². The Morgan fingerprint density at radius 2 is 1.96 bits per heavy atom. The molecule has 27 heavy (non-hydrogen) atoms. The predicted octanol–water partition coefficient (Wildman–Crippen LogP) is 3.72. The quantitative estimate of drug-likeness (QED) is 0.812. The van der Waals surface area contributed by atoms with Crippen molar-refractivity contribution in [2.24, 2.45) is 0 Å². The van der Waals surface area contributed by atoms with Crippen LogP contribution in [0.25, 0.3) is 0 Å². The molecule has 1 amide bonds. The SMILES string of the molecule is COc1ccc(OCc2c(Cl)cc(F)cc2C(C)N2CC[C@H](O)C2=O)cc1. The van der Waals surface area contributed by atoms with Gasteiger partial charge in [-0.3, -0.25) is 4.79 Å². The second kappa shape index (κ2) is 8.15. The monoisotopic (exact) mass is 393 g/mol. The molecule has 0 spiro atoms. The highest BCUT2D eigenvalue weighted by atomic mass is 35.5. The van der Waals surface area contributed by atoms with Gasteiger partial charge in [-0.2, -0.15) is 0 Å². The van der Waals surface area contributed by atoms with E-state index in [1.807, 2.05) is 0 Å². The molecule has 1 aliphatic rings. The second-order valence-electron chi connectivity index (χ2n) is 6.43. The molecule has 144 valence electrons. The third-order valence-electron chi connectivity index (χ3n) is 4.77. The third-order valence-corrected chi connectivity index (χ3v) is 5.10. The van der Waals surface area contributed by atoms with Crippen molar-refractivity contribution in [1.82, 2.24) is 4.90 Å². The highest BCUT2D eigenvalue weighted by Crippen LogP contribution is 2.33. The zero-order valence-electron chi connectivity index (χ0n) is 15.1. The average Bonchev–Trinajstić information content (AvgIpc) is 2.99. The molecule has 5 nitrogen and oxygen atoms in total. The Morgan fingerprint density at radius 3 is 2.56 bits per heavy atom. The fourth-order valence-corrected chi connectivity index (χ4v) is 3.48. The van der Waals surface area contributed by atoms with Gasteiger partial charge in [0.1, 0.15) is 30.0 Å². The van der Waals surface area contributed by atoms with E-state index in [1.165, 1.54) is 17.0 Å². The van der Waals surface area contributed by atoms with Gasteiger partial charge in [0.05, 0.1) is 18.2 Å². The number of hydrogen-bond acceptors (Lipinski definition) is 4. The van der Waals surface area contributed by atoms with Crippen molar-refractivity contribution in [3.05, 3.63) is 58.4 Å². The molecule has 2 aromatic carbocycles. The average molecular weight is 394 g/mol. The van der Waals surface area contributed by atoms with E-state index in [-0.39, 0.29) is 17.5 Å². The summed E-state index contributed by atoms with van der Waals surface area (Å²) in [5.41, 5.74) is 1.17. The van der Waals surface area contributed by atoms with Crippen LogP contribution < -0.4 is 9.47 Å². The van der Waals surface area contributed by atoms with Gasteiger partial charge in [-0.25, -0.2) is 4.39 Å². The largest absolute Gasteiger partial charge is 0.497 e. The molecule has 7 heteroatoms. The molecular weight excluding hydrogens is 373 g/mol. The van der Waals surface area contributed by atoms with Crippen LogP contribution in [0.1, 0.15) is 30.5 Å². The zero-order chi connectivity index (χ0) is 19.6. The minimum Gasteiger partial charge on any atom is -0.497 e. The summed E-state index contributed by atoms with van der Waals surface area (Å²) in [6.45, 7) is 2.32. The number of hydrogen-bond donors (Lipinski definition) is 1. The van der Waals surface area contributed by atoms with Crippen molar-refractivity contribution in [1.29, 1.82) is 0 Å². The Labute approximate surface area is 162 Å². The van der Waals surface area contributed by atoms with Gasteiger partial charge < -0.3 is 19.5 Å². The molecule has 1 fully saturated rings. The van der Waals surface area contributed by atoms with Crippen LogP contribution in [0.5, 0.6) is 11.5 Å². The fraction of sp³-hybridized carbons (Fsp3) is 0.350. The van der Waals surface area contributed by atoms with Gasteiger partial charge in [-0.1, -0.05) is 11.6 Å².